The lowest BCUT2D eigenvalue weighted by Gasteiger charge is -2.14. The minimum Gasteiger partial charge on any atom is -0.493 e. The van der Waals surface area contributed by atoms with Gasteiger partial charge in [-0.15, -0.1) is 0 Å². The van der Waals surface area contributed by atoms with Gasteiger partial charge in [0.2, 0.25) is 5.91 Å². The number of benzene rings is 2. The fourth-order valence-corrected chi connectivity index (χ4v) is 3.38. The highest BCUT2D eigenvalue weighted by Crippen LogP contribution is 2.30. The van der Waals surface area contributed by atoms with Gasteiger partial charge in [-0.1, -0.05) is 42.1 Å². The zero-order chi connectivity index (χ0) is 19.9. The Labute approximate surface area is 168 Å². The lowest BCUT2D eigenvalue weighted by molar-refractivity contribution is -0.115. The molecule has 3 aromatic rings. The van der Waals surface area contributed by atoms with Gasteiger partial charge in [-0.2, -0.15) is 0 Å². The van der Waals surface area contributed by atoms with Gasteiger partial charge in [-0.05, 0) is 25.1 Å². The Bertz CT molecular complexity index is 951. The van der Waals surface area contributed by atoms with Gasteiger partial charge in [0, 0.05) is 17.3 Å². The molecular weight excluding hydrogens is 374 g/mol. The smallest absolute Gasteiger partial charge is 0.237 e. The molecule has 1 aromatic heterocycles. The van der Waals surface area contributed by atoms with Crippen molar-refractivity contribution in [3.63, 3.8) is 0 Å². The molecule has 0 aliphatic carbocycles. The average Bonchev–Trinajstić information content (AvgIpc) is 2.74. The molecule has 28 heavy (non-hydrogen) atoms. The van der Waals surface area contributed by atoms with E-state index < -0.39 is 0 Å². The Morgan fingerprint density at radius 1 is 1.00 bits per heavy atom. The van der Waals surface area contributed by atoms with Crippen molar-refractivity contribution < 1.29 is 14.3 Å². The standard InChI is InChI=1S/C21H21N3O3S/c1-14(21(25)24-16-9-10-18(26-2)19(11-16)27-3)28-20-12-17(22-13-23-20)15-7-5-4-6-8-15/h4-14H,1-3H3,(H,24,25). The van der Waals surface area contributed by atoms with E-state index in [1.165, 1.54) is 18.1 Å². The van der Waals surface area contributed by atoms with Crippen molar-refractivity contribution in [2.75, 3.05) is 19.5 Å². The molecule has 1 atom stereocenters. The van der Waals surface area contributed by atoms with Crippen LogP contribution in [-0.4, -0.2) is 35.3 Å². The van der Waals surface area contributed by atoms with Gasteiger partial charge >= 0.3 is 0 Å². The number of hydrogen-bond acceptors (Lipinski definition) is 6. The molecule has 1 N–H and O–H groups in total. The molecule has 0 aliphatic rings. The number of ether oxygens (including phenoxy) is 2. The van der Waals surface area contributed by atoms with Crippen LogP contribution in [-0.2, 0) is 4.79 Å². The molecule has 144 valence electrons. The van der Waals surface area contributed by atoms with E-state index in [0.29, 0.717) is 17.2 Å². The van der Waals surface area contributed by atoms with E-state index in [0.717, 1.165) is 16.3 Å². The van der Waals surface area contributed by atoms with Crippen molar-refractivity contribution in [1.29, 1.82) is 0 Å². The molecule has 2 aromatic carbocycles. The molecule has 0 fully saturated rings. The molecule has 6 nitrogen and oxygen atoms in total. The highest BCUT2D eigenvalue weighted by atomic mass is 32.2. The maximum absolute atomic E-state index is 12.6. The van der Waals surface area contributed by atoms with Crippen LogP contribution in [0.3, 0.4) is 0 Å². The van der Waals surface area contributed by atoms with Gasteiger partial charge in [0.25, 0.3) is 0 Å². The molecule has 0 saturated carbocycles. The summed E-state index contributed by atoms with van der Waals surface area (Å²) in [5.74, 6) is 1.04. The van der Waals surface area contributed by atoms with E-state index in [-0.39, 0.29) is 11.2 Å². The number of thioether (sulfide) groups is 1. The van der Waals surface area contributed by atoms with E-state index in [9.17, 15) is 4.79 Å². The van der Waals surface area contributed by atoms with Gasteiger partial charge in [-0.25, -0.2) is 9.97 Å². The van der Waals surface area contributed by atoms with Crippen LogP contribution < -0.4 is 14.8 Å². The fourth-order valence-electron chi connectivity index (χ4n) is 2.56. The van der Waals surface area contributed by atoms with E-state index in [2.05, 4.69) is 15.3 Å². The molecule has 0 spiro atoms. The zero-order valence-corrected chi connectivity index (χ0v) is 16.7. The van der Waals surface area contributed by atoms with Crippen LogP contribution in [0.1, 0.15) is 6.92 Å². The second kappa shape index (κ2) is 9.23. The number of aromatic nitrogens is 2. The lowest BCUT2D eigenvalue weighted by atomic mass is 10.1. The Kier molecular flexibility index (Phi) is 6.49. The van der Waals surface area contributed by atoms with Crippen molar-refractivity contribution in [2.45, 2.75) is 17.2 Å². The van der Waals surface area contributed by atoms with Crippen LogP contribution >= 0.6 is 11.8 Å². The summed E-state index contributed by atoms with van der Waals surface area (Å²) in [4.78, 5) is 21.2. The third-order valence-corrected chi connectivity index (χ3v) is 5.06. The number of amides is 1. The minimum absolute atomic E-state index is 0.128. The first-order valence-corrected chi connectivity index (χ1v) is 9.55. The summed E-state index contributed by atoms with van der Waals surface area (Å²) >= 11 is 1.38. The molecule has 1 heterocycles. The van der Waals surface area contributed by atoms with E-state index >= 15 is 0 Å². The Balaban J connectivity index is 1.68. The van der Waals surface area contributed by atoms with E-state index in [1.807, 2.05) is 43.3 Å². The van der Waals surface area contributed by atoms with Crippen molar-refractivity contribution in [3.8, 4) is 22.8 Å². The predicted molar refractivity (Wildman–Crippen MR) is 111 cm³/mol. The molecule has 0 saturated heterocycles. The first kappa shape index (κ1) is 19.7. The number of carbonyl (C=O) groups is 1. The molecule has 1 unspecified atom stereocenters. The summed E-state index contributed by atoms with van der Waals surface area (Å²) in [5, 5.41) is 3.29. The quantitative estimate of drug-likeness (QED) is 0.475. The maximum atomic E-state index is 12.6. The highest BCUT2D eigenvalue weighted by Gasteiger charge is 2.17. The number of anilines is 1. The van der Waals surface area contributed by atoms with Gasteiger partial charge in [-0.3, -0.25) is 4.79 Å². The SMILES string of the molecule is COc1ccc(NC(=O)C(C)Sc2cc(-c3ccccc3)ncn2)cc1OC. The van der Waals surface area contributed by atoms with Crippen LogP contribution in [0.4, 0.5) is 5.69 Å². The Morgan fingerprint density at radius 3 is 2.46 bits per heavy atom. The fraction of sp³-hybridized carbons (Fsp3) is 0.190. The molecule has 3 rings (SSSR count). The lowest BCUT2D eigenvalue weighted by Crippen LogP contribution is -2.22. The number of nitrogens with zero attached hydrogens (tertiary/aromatic N) is 2. The number of methoxy groups -OCH3 is 2. The van der Waals surface area contributed by atoms with Gasteiger partial charge in [0.05, 0.1) is 25.2 Å². The summed E-state index contributed by atoms with van der Waals surface area (Å²) < 4.78 is 10.5. The van der Waals surface area contributed by atoms with Crippen molar-refractivity contribution in [1.82, 2.24) is 9.97 Å². The summed E-state index contributed by atoms with van der Waals surface area (Å²) in [5.41, 5.74) is 2.47. The van der Waals surface area contributed by atoms with E-state index in [4.69, 9.17) is 9.47 Å². The van der Waals surface area contributed by atoms with Crippen LogP contribution in [0.15, 0.2) is 66.0 Å². The number of hydrogen-bond donors (Lipinski definition) is 1. The molecule has 7 heteroatoms. The zero-order valence-electron chi connectivity index (χ0n) is 15.9. The monoisotopic (exact) mass is 395 g/mol. The minimum atomic E-state index is -0.341. The van der Waals surface area contributed by atoms with Crippen LogP contribution in [0, 0.1) is 0 Å². The van der Waals surface area contributed by atoms with E-state index in [1.54, 1.807) is 32.4 Å². The number of nitrogens with one attached hydrogen (secondary N) is 1. The summed E-state index contributed by atoms with van der Waals surface area (Å²) in [7, 11) is 3.13. The number of carbonyl (C=O) groups excluding carboxylic acids is 1. The van der Waals surface area contributed by atoms with Crippen LogP contribution in [0.5, 0.6) is 11.5 Å². The van der Waals surface area contributed by atoms with Crippen LogP contribution in [0.25, 0.3) is 11.3 Å². The molecule has 0 aliphatic heterocycles. The van der Waals surface area contributed by atoms with Gasteiger partial charge in [0.1, 0.15) is 11.4 Å². The summed E-state index contributed by atoms with van der Waals surface area (Å²) in [6, 6.07) is 17.0. The van der Waals surface area contributed by atoms with Crippen molar-refractivity contribution >= 4 is 23.4 Å². The average molecular weight is 395 g/mol. The Morgan fingerprint density at radius 2 is 1.75 bits per heavy atom. The van der Waals surface area contributed by atoms with Crippen LogP contribution in [0.2, 0.25) is 0 Å². The largest absolute Gasteiger partial charge is 0.493 e. The van der Waals surface area contributed by atoms with Crippen molar-refractivity contribution in [2.24, 2.45) is 0 Å². The molecular formula is C21H21N3O3S. The third kappa shape index (κ3) is 4.80. The third-order valence-electron chi connectivity index (χ3n) is 4.03. The normalized spacial score (nSPS) is 11.5. The second-order valence-corrected chi connectivity index (χ2v) is 7.29. The highest BCUT2D eigenvalue weighted by molar-refractivity contribution is 8.00. The van der Waals surface area contributed by atoms with Gasteiger partial charge < -0.3 is 14.8 Å². The number of rotatable bonds is 7. The second-order valence-electron chi connectivity index (χ2n) is 5.93. The molecule has 0 radical (unpaired) electrons. The summed E-state index contributed by atoms with van der Waals surface area (Å²) in [6.07, 6.45) is 1.52. The predicted octanol–water partition coefficient (Wildman–Crippen LogP) is 4.28. The summed E-state index contributed by atoms with van der Waals surface area (Å²) in [6.45, 7) is 1.84. The molecule has 0 bridgehead atoms. The topological polar surface area (TPSA) is 73.3 Å². The maximum Gasteiger partial charge on any atom is 0.237 e. The first-order valence-electron chi connectivity index (χ1n) is 8.67. The first-order chi connectivity index (χ1) is 13.6. The van der Waals surface area contributed by atoms with Gasteiger partial charge in [0.15, 0.2) is 11.5 Å². The molecule has 1 amide bonds. The Hall–Kier alpha value is -3.06. The van der Waals surface area contributed by atoms with Crippen molar-refractivity contribution in [3.05, 3.63) is 60.9 Å².